The highest BCUT2D eigenvalue weighted by molar-refractivity contribution is 7.80. The van der Waals surface area contributed by atoms with Crippen molar-refractivity contribution >= 4 is 17.3 Å². The normalized spacial score (nSPS) is 26.1. The monoisotopic (exact) mass is 337 g/mol. The Labute approximate surface area is 148 Å². The molecule has 0 aromatic rings. The van der Waals surface area contributed by atoms with E-state index < -0.39 is 0 Å². The maximum absolute atomic E-state index is 5.54. The molecule has 0 amide bonds. The van der Waals surface area contributed by atoms with E-state index in [-0.39, 0.29) is 0 Å². The summed E-state index contributed by atoms with van der Waals surface area (Å²) in [6.07, 6.45) is 16.5. The smallest absolute Gasteiger partial charge is 0.166 e. The van der Waals surface area contributed by atoms with Crippen molar-refractivity contribution in [1.82, 2.24) is 15.5 Å². The Morgan fingerprint density at radius 1 is 0.739 bits per heavy atom. The van der Waals surface area contributed by atoms with Gasteiger partial charge in [-0.15, -0.1) is 0 Å². The molecule has 2 aliphatic carbocycles. The number of piperidine rings is 1. The molecule has 2 N–H and O–H groups in total. The van der Waals surface area contributed by atoms with Gasteiger partial charge in [0, 0.05) is 31.7 Å². The van der Waals surface area contributed by atoms with Crippen LogP contribution in [0.25, 0.3) is 0 Å². The molecule has 3 fully saturated rings. The number of nitrogens with zero attached hydrogens (tertiary/aromatic N) is 1. The first kappa shape index (κ1) is 17.5. The first-order valence-corrected chi connectivity index (χ1v) is 10.5. The van der Waals surface area contributed by atoms with Crippen LogP contribution >= 0.6 is 12.2 Å². The van der Waals surface area contributed by atoms with E-state index in [1.807, 2.05) is 0 Å². The van der Waals surface area contributed by atoms with Gasteiger partial charge >= 0.3 is 0 Å². The third-order valence-electron chi connectivity index (χ3n) is 6.10. The van der Waals surface area contributed by atoms with Gasteiger partial charge in [-0.1, -0.05) is 38.5 Å². The third kappa shape index (κ3) is 5.90. The summed E-state index contributed by atoms with van der Waals surface area (Å²) < 4.78 is 0. The summed E-state index contributed by atoms with van der Waals surface area (Å²) in [6, 6.07) is 1.20. The molecule has 0 bridgehead atoms. The number of thiocarbonyl (C=S) groups is 1. The van der Waals surface area contributed by atoms with E-state index in [0.717, 1.165) is 11.0 Å². The molecule has 23 heavy (non-hydrogen) atoms. The molecule has 0 aromatic heterocycles. The van der Waals surface area contributed by atoms with E-state index in [1.165, 1.54) is 96.7 Å². The van der Waals surface area contributed by atoms with E-state index in [0.29, 0.717) is 12.1 Å². The SMILES string of the molecule is S=C(NC1CCCCC1)NC1CCN(CC2CCCCC2)CC1. The van der Waals surface area contributed by atoms with Gasteiger partial charge in [0.1, 0.15) is 0 Å². The van der Waals surface area contributed by atoms with Crippen molar-refractivity contribution in [2.45, 2.75) is 89.1 Å². The van der Waals surface area contributed by atoms with Crippen LogP contribution < -0.4 is 10.6 Å². The van der Waals surface area contributed by atoms with Gasteiger partial charge in [-0.25, -0.2) is 0 Å². The topological polar surface area (TPSA) is 27.3 Å². The molecule has 2 saturated carbocycles. The van der Waals surface area contributed by atoms with Crippen molar-refractivity contribution in [3.05, 3.63) is 0 Å². The van der Waals surface area contributed by atoms with Crippen LogP contribution in [0.3, 0.4) is 0 Å². The van der Waals surface area contributed by atoms with Crippen molar-refractivity contribution in [2.24, 2.45) is 5.92 Å². The van der Waals surface area contributed by atoms with Crippen LogP contribution in [0.15, 0.2) is 0 Å². The second kappa shape index (κ2) is 9.22. The second-order valence-corrected chi connectivity index (χ2v) is 8.44. The van der Waals surface area contributed by atoms with Crippen LogP contribution in [0.4, 0.5) is 0 Å². The molecule has 3 nitrogen and oxygen atoms in total. The molecule has 1 aliphatic heterocycles. The Balaban J connectivity index is 1.31. The predicted molar refractivity (Wildman–Crippen MR) is 102 cm³/mol. The molecule has 0 radical (unpaired) electrons. The molecule has 3 aliphatic rings. The number of rotatable bonds is 4. The fourth-order valence-electron chi connectivity index (χ4n) is 4.65. The quantitative estimate of drug-likeness (QED) is 0.763. The van der Waals surface area contributed by atoms with Gasteiger partial charge in [-0.3, -0.25) is 0 Å². The Kier molecular flexibility index (Phi) is 7.00. The molecule has 1 heterocycles. The molecule has 0 spiro atoms. The highest BCUT2D eigenvalue weighted by Crippen LogP contribution is 2.25. The Hall–Kier alpha value is -0.350. The van der Waals surface area contributed by atoms with Gasteiger partial charge in [0.2, 0.25) is 0 Å². The summed E-state index contributed by atoms with van der Waals surface area (Å²) in [6.45, 7) is 3.85. The fourth-order valence-corrected chi connectivity index (χ4v) is 4.99. The second-order valence-electron chi connectivity index (χ2n) is 8.03. The summed E-state index contributed by atoms with van der Waals surface area (Å²) in [5.41, 5.74) is 0. The lowest BCUT2D eigenvalue weighted by atomic mass is 9.88. The molecule has 4 heteroatoms. The maximum atomic E-state index is 5.54. The van der Waals surface area contributed by atoms with Crippen LogP contribution in [0.2, 0.25) is 0 Å². The van der Waals surface area contributed by atoms with Crippen molar-refractivity contribution in [1.29, 1.82) is 0 Å². The largest absolute Gasteiger partial charge is 0.360 e. The highest BCUT2D eigenvalue weighted by atomic mass is 32.1. The van der Waals surface area contributed by atoms with Gasteiger partial charge in [-0.2, -0.15) is 0 Å². The zero-order chi connectivity index (χ0) is 15.9. The lowest BCUT2D eigenvalue weighted by Gasteiger charge is -2.36. The van der Waals surface area contributed by atoms with E-state index >= 15 is 0 Å². The first-order valence-electron chi connectivity index (χ1n) is 10.1. The maximum Gasteiger partial charge on any atom is 0.166 e. The molecule has 0 atom stereocenters. The van der Waals surface area contributed by atoms with Crippen LogP contribution in [-0.4, -0.2) is 41.7 Å². The van der Waals surface area contributed by atoms with Crippen molar-refractivity contribution in [3.63, 3.8) is 0 Å². The minimum atomic E-state index is 0.584. The Bertz CT molecular complexity index is 354. The summed E-state index contributed by atoms with van der Waals surface area (Å²) >= 11 is 5.54. The molecular formula is C19H35N3S. The molecule has 3 rings (SSSR count). The van der Waals surface area contributed by atoms with Crippen LogP contribution in [0.5, 0.6) is 0 Å². The molecule has 0 aromatic carbocycles. The average Bonchev–Trinajstić information content (AvgIpc) is 2.58. The first-order chi connectivity index (χ1) is 11.3. The summed E-state index contributed by atoms with van der Waals surface area (Å²) in [5.74, 6) is 0.974. The van der Waals surface area contributed by atoms with E-state index in [1.54, 1.807) is 0 Å². The van der Waals surface area contributed by atoms with Gasteiger partial charge in [0.05, 0.1) is 0 Å². The molecule has 0 unspecified atom stereocenters. The lowest BCUT2D eigenvalue weighted by molar-refractivity contribution is 0.160. The zero-order valence-corrected chi connectivity index (χ0v) is 15.5. The van der Waals surface area contributed by atoms with Gasteiger partial charge in [-0.05, 0) is 56.7 Å². The van der Waals surface area contributed by atoms with Gasteiger partial charge in [0.25, 0.3) is 0 Å². The Morgan fingerprint density at radius 2 is 1.26 bits per heavy atom. The summed E-state index contributed by atoms with van der Waals surface area (Å²) in [7, 11) is 0. The Morgan fingerprint density at radius 3 is 1.87 bits per heavy atom. The molecular weight excluding hydrogens is 302 g/mol. The minimum absolute atomic E-state index is 0.584. The lowest BCUT2D eigenvalue weighted by Crippen LogP contribution is -2.50. The molecule has 132 valence electrons. The van der Waals surface area contributed by atoms with Gasteiger partial charge < -0.3 is 15.5 Å². The number of hydrogen-bond acceptors (Lipinski definition) is 2. The third-order valence-corrected chi connectivity index (χ3v) is 6.34. The van der Waals surface area contributed by atoms with Crippen molar-refractivity contribution in [2.75, 3.05) is 19.6 Å². The number of nitrogens with one attached hydrogen (secondary N) is 2. The highest BCUT2D eigenvalue weighted by Gasteiger charge is 2.23. The van der Waals surface area contributed by atoms with Crippen LogP contribution in [-0.2, 0) is 0 Å². The number of likely N-dealkylation sites (tertiary alicyclic amines) is 1. The van der Waals surface area contributed by atoms with Gasteiger partial charge in [0.15, 0.2) is 5.11 Å². The standard InChI is InChI=1S/C19H35N3S/c23-19(20-17-9-5-2-6-10-17)21-18-11-13-22(14-12-18)15-16-7-3-1-4-8-16/h16-18H,1-15H2,(H2,20,21,23). The summed E-state index contributed by atoms with van der Waals surface area (Å²) in [5, 5.41) is 8.04. The average molecular weight is 338 g/mol. The van der Waals surface area contributed by atoms with Crippen molar-refractivity contribution < 1.29 is 0 Å². The van der Waals surface area contributed by atoms with E-state index in [9.17, 15) is 0 Å². The van der Waals surface area contributed by atoms with Crippen molar-refractivity contribution in [3.8, 4) is 0 Å². The number of hydrogen-bond donors (Lipinski definition) is 2. The molecule has 1 saturated heterocycles. The fraction of sp³-hybridized carbons (Fsp3) is 0.947. The van der Waals surface area contributed by atoms with E-state index in [2.05, 4.69) is 15.5 Å². The van der Waals surface area contributed by atoms with Crippen LogP contribution in [0.1, 0.15) is 77.0 Å². The van der Waals surface area contributed by atoms with E-state index in [4.69, 9.17) is 12.2 Å². The zero-order valence-electron chi connectivity index (χ0n) is 14.7. The summed E-state index contributed by atoms with van der Waals surface area (Å²) in [4.78, 5) is 2.70. The minimum Gasteiger partial charge on any atom is -0.360 e. The van der Waals surface area contributed by atoms with Crippen LogP contribution in [0, 0.1) is 5.92 Å². The predicted octanol–water partition coefficient (Wildman–Crippen LogP) is 3.83.